The summed E-state index contributed by atoms with van der Waals surface area (Å²) in [6.45, 7) is 0.509. The lowest BCUT2D eigenvalue weighted by molar-refractivity contribution is 0.324. The van der Waals surface area contributed by atoms with Gasteiger partial charge in [0.25, 0.3) is 0 Å². The lowest BCUT2D eigenvalue weighted by Gasteiger charge is -2.14. The van der Waals surface area contributed by atoms with E-state index >= 15 is 0 Å². The molecular weight excluding hydrogens is 428 g/mol. The van der Waals surface area contributed by atoms with E-state index in [0.717, 1.165) is 45.2 Å². The van der Waals surface area contributed by atoms with Gasteiger partial charge in [0.05, 0.1) is 33.6 Å². The monoisotopic (exact) mass is 452 g/mol. The molecule has 0 saturated heterocycles. The van der Waals surface area contributed by atoms with Crippen LogP contribution in [0.3, 0.4) is 0 Å². The van der Waals surface area contributed by atoms with Crippen molar-refractivity contribution in [2.24, 2.45) is 4.99 Å². The largest absolute Gasteiger partial charge is 0.493 e. The number of anilines is 1. The predicted octanol–water partition coefficient (Wildman–Crippen LogP) is 5.15. The minimum absolute atomic E-state index is 0.509. The molecule has 0 atom stereocenters. The Bertz CT molecular complexity index is 1100. The Labute approximate surface area is 191 Å². The van der Waals surface area contributed by atoms with Crippen LogP contribution in [0.5, 0.6) is 17.2 Å². The Balaban J connectivity index is 1.51. The van der Waals surface area contributed by atoms with Gasteiger partial charge in [-0.05, 0) is 47.5 Å². The number of methoxy groups -OCH3 is 3. The second-order valence-electron chi connectivity index (χ2n) is 7.11. The summed E-state index contributed by atoms with van der Waals surface area (Å²) in [5.41, 5.74) is 5.58. The first-order valence-corrected chi connectivity index (χ1v) is 11.2. The van der Waals surface area contributed by atoms with Gasteiger partial charge in [-0.15, -0.1) is 11.3 Å². The number of nitrogens with one attached hydrogen (secondary N) is 1. The van der Waals surface area contributed by atoms with E-state index in [1.807, 2.05) is 12.1 Å². The van der Waals surface area contributed by atoms with Crippen molar-refractivity contribution < 1.29 is 14.2 Å². The van der Waals surface area contributed by atoms with Crippen LogP contribution >= 0.6 is 23.6 Å². The number of fused-ring (bicyclic) bond motifs is 1. The van der Waals surface area contributed by atoms with Gasteiger partial charge in [-0.3, -0.25) is 4.99 Å². The zero-order chi connectivity index (χ0) is 21.8. The van der Waals surface area contributed by atoms with E-state index in [2.05, 4.69) is 41.0 Å². The molecule has 0 amide bonds. The molecule has 1 aliphatic heterocycles. The molecule has 31 heavy (non-hydrogen) atoms. The number of nitrogens with zero attached hydrogens (tertiary/aromatic N) is 1. The molecule has 5 nitrogen and oxygen atoms in total. The number of aliphatic imine (C=N–C) groups is 1. The number of aryl methyl sites for hydroxylation is 2. The summed E-state index contributed by atoms with van der Waals surface area (Å²) < 4.78 is 16.3. The summed E-state index contributed by atoms with van der Waals surface area (Å²) in [5.74, 6) is 1.97. The van der Waals surface area contributed by atoms with Crippen molar-refractivity contribution >= 4 is 39.3 Å². The summed E-state index contributed by atoms with van der Waals surface area (Å²) >= 11 is 7.00. The van der Waals surface area contributed by atoms with Crippen LogP contribution in [0.25, 0.3) is 0 Å². The second-order valence-corrected chi connectivity index (χ2v) is 8.52. The summed E-state index contributed by atoms with van der Waals surface area (Å²) in [6, 6.07) is 14.7. The molecule has 3 aromatic rings. The van der Waals surface area contributed by atoms with Crippen LogP contribution in [-0.2, 0) is 12.8 Å². The number of hydrogen-bond acceptors (Lipinski definition) is 6. The highest BCUT2D eigenvalue weighted by Gasteiger charge is 2.18. The summed E-state index contributed by atoms with van der Waals surface area (Å²) in [4.78, 5) is 5.50. The van der Waals surface area contributed by atoms with Crippen molar-refractivity contribution in [2.75, 3.05) is 33.2 Å². The Morgan fingerprint density at radius 3 is 2.26 bits per heavy atom. The SMILES string of the molecule is COc1cc(CCc2ccc(C3=NCC(=S)Nc4sccc43)cc2)cc(OC)c1OC. The van der Waals surface area contributed by atoms with Gasteiger partial charge in [-0.1, -0.05) is 36.5 Å². The lowest BCUT2D eigenvalue weighted by atomic mass is 9.99. The number of thiocarbonyl (C=S) groups is 1. The molecule has 0 unspecified atom stereocenters. The average Bonchev–Trinajstić information content (AvgIpc) is 3.18. The van der Waals surface area contributed by atoms with Crippen LogP contribution < -0.4 is 19.5 Å². The molecular formula is C24H24N2O3S2. The first-order valence-electron chi connectivity index (χ1n) is 9.93. The van der Waals surface area contributed by atoms with E-state index in [1.165, 1.54) is 5.56 Å². The van der Waals surface area contributed by atoms with Gasteiger partial charge in [0.2, 0.25) is 5.75 Å². The van der Waals surface area contributed by atoms with Crippen molar-refractivity contribution in [3.8, 4) is 17.2 Å². The fraction of sp³-hybridized carbons (Fsp3) is 0.250. The van der Waals surface area contributed by atoms with Gasteiger partial charge in [-0.25, -0.2) is 0 Å². The zero-order valence-electron chi connectivity index (χ0n) is 17.7. The smallest absolute Gasteiger partial charge is 0.203 e. The third-order valence-electron chi connectivity index (χ3n) is 5.21. The van der Waals surface area contributed by atoms with Crippen molar-refractivity contribution in [2.45, 2.75) is 12.8 Å². The molecule has 0 saturated carbocycles. The summed E-state index contributed by atoms with van der Waals surface area (Å²) in [5, 5.41) is 6.41. The highest BCUT2D eigenvalue weighted by Crippen LogP contribution is 2.38. The van der Waals surface area contributed by atoms with Gasteiger partial charge >= 0.3 is 0 Å². The van der Waals surface area contributed by atoms with Crippen molar-refractivity contribution in [3.63, 3.8) is 0 Å². The van der Waals surface area contributed by atoms with Gasteiger partial charge in [-0.2, -0.15) is 0 Å². The number of hydrogen-bond donors (Lipinski definition) is 1. The van der Waals surface area contributed by atoms with Crippen molar-refractivity contribution in [1.29, 1.82) is 0 Å². The van der Waals surface area contributed by atoms with E-state index in [4.69, 9.17) is 31.4 Å². The molecule has 2 heterocycles. The number of thiophene rings is 1. The summed E-state index contributed by atoms with van der Waals surface area (Å²) in [6.07, 6.45) is 1.77. The molecule has 1 N–H and O–H groups in total. The van der Waals surface area contributed by atoms with Crippen LogP contribution in [-0.4, -0.2) is 38.6 Å². The van der Waals surface area contributed by atoms with Gasteiger partial charge in [0, 0.05) is 11.1 Å². The number of rotatable bonds is 7. The van der Waals surface area contributed by atoms with E-state index in [9.17, 15) is 0 Å². The standard InChI is InChI=1S/C24H24N2O3S2/c1-27-19-12-16(13-20(28-2)23(19)29-3)5-4-15-6-8-17(9-7-15)22-18-10-11-31-24(18)26-21(30)14-25-22/h6-13H,4-5,14H2,1-3H3,(H,26,30). The third kappa shape index (κ3) is 4.57. The Kier molecular flexibility index (Phi) is 6.53. The van der Waals surface area contributed by atoms with Crippen LogP contribution in [0, 0.1) is 0 Å². The normalized spacial score (nSPS) is 13.0. The number of ether oxygens (including phenoxy) is 3. The molecule has 0 spiro atoms. The van der Waals surface area contributed by atoms with E-state index in [1.54, 1.807) is 32.7 Å². The lowest BCUT2D eigenvalue weighted by Crippen LogP contribution is -2.09. The van der Waals surface area contributed by atoms with Gasteiger partial charge in [0.15, 0.2) is 11.5 Å². The molecule has 1 aliphatic rings. The van der Waals surface area contributed by atoms with Crippen LogP contribution in [0.15, 0.2) is 52.8 Å². The first kappa shape index (κ1) is 21.3. The average molecular weight is 453 g/mol. The third-order valence-corrected chi connectivity index (χ3v) is 6.27. The fourth-order valence-corrected chi connectivity index (χ4v) is 4.68. The predicted molar refractivity (Wildman–Crippen MR) is 131 cm³/mol. The maximum atomic E-state index is 5.46. The summed E-state index contributed by atoms with van der Waals surface area (Å²) in [7, 11) is 4.89. The molecule has 0 radical (unpaired) electrons. The molecule has 2 aromatic carbocycles. The molecule has 160 valence electrons. The number of benzene rings is 2. The van der Waals surface area contributed by atoms with E-state index < -0.39 is 0 Å². The fourth-order valence-electron chi connectivity index (χ4n) is 3.64. The Morgan fingerprint density at radius 2 is 1.61 bits per heavy atom. The molecule has 1 aromatic heterocycles. The van der Waals surface area contributed by atoms with Crippen LogP contribution in [0.4, 0.5) is 5.00 Å². The molecule has 7 heteroatoms. The molecule has 4 rings (SSSR count). The maximum absolute atomic E-state index is 5.46. The topological polar surface area (TPSA) is 52.1 Å². The van der Waals surface area contributed by atoms with Crippen LogP contribution in [0.1, 0.15) is 22.3 Å². The molecule has 0 aliphatic carbocycles. The molecule has 0 fully saturated rings. The first-order chi connectivity index (χ1) is 15.1. The van der Waals surface area contributed by atoms with Crippen LogP contribution in [0.2, 0.25) is 0 Å². The minimum atomic E-state index is 0.509. The molecule has 0 bridgehead atoms. The quantitative estimate of drug-likeness (QED) is 0.503. The van der Waals surface area contributed by atoms with Gasteiger partial charge in [0.1, 0.15) is 9.99 Å². The second kappa shape index (κ2) is 9.49. The van der Waals surface area contributed by atoms with Crippen molar-refractivity contribution in [1.82, 2.24) is 0 Å². The maximum Gasteiger partial charge on any atom is 0.203 e. The van der Waals surface area contributed by atoms with Crippen molar-refractivity contribution in [3.05, 3.63) is 70.1 Å². The Hall–Kier alpha value is -2.90. The highest BCUT2D eigenvalue weighted by molar-refractivity contribution is 7.80. The Morgan fingerprint density at radius 1 is 0.935 bits per heavy atom. The zero-order valence-corrected chi connectivity index (χ0v) is 19.4. The van der Waals surface area contributed by atoms with E-state index in [-0.39, 0.29) is 0 Å². The minimum Gasteiger partial charge on any atom is -0.493 e. The highest BCUT2D eigenvalue weighted by atomic mass is 32.1. The van der Waals surface area contributed by atoms with Gasteiger partial charge < -0.3 is 19.5 Å². The van der Waals surface area contributed by atoms with E-state index in [0.29, 0.717) is 23.8 Å².